The molecule has 0 aliphatic rings. The highest BCUT2D eigenvalue weighted by molar-refractivity contribution is 5.97. The first-order valence-corrected chi connectivity index (χ1v) is 7.60. The first-order valence-electron chi connectivity index (χ1n) is 7.60. The molecule has 0 atom stereocenters. The standard InChI is InChI=1S/C19H21NO3/c1-23-14-16-9-7-15(8-10-16)13-20-19(22)12-11-18(21)17-5-3-2-4-6-17/h2-10H,11-14H2,1H3,(H,20,22). The average molecular weight is 311 g/mol. The Balaban J connectivity index is 1.73. The van der Waals surface area contributed by atoms with Crippen molar-refractivity contribution < 1.29 is 14.3 Å². The predicted molar refractivity (Wildman–Crippen MR) is 89.0 cm³/mol. The van der Waals surface area contributed by atoms with E-state index in [2.05, 4.69) is 5.32 Å². The molecule has 23 heavy (non-hydrogen) atoms. The number of benzene rings is 2. The number of hydrogen-bond donors (Lipinski definition) is 1. The zero-order valence-electron chi connectivity index (χ0n) is 13.2. The van der Waals surface area contributed by atoms with Crippen LogP contribution in [-0.2, 0) is 22.7 Å². The molecule has 0 aromatic heterocycles. The smallest absolute Gasteiger partial charge is 0.220 e. The summed E-state index contributed by atoms with van der Waals surface area (Å²) in [7, 11) is 1.66. The zero-order valence-corrected chi connectivity index (χ0v) is 13.2. The van der Waals surface area contributed by atoms with Gasteiger partial charge in [-0.2, -0.15) is 0 Å². The molecule has 2 aromatic carbocycles. The molecule has 4 nitrogen and oxygen atoms in total. The van der Waals surface area contributed by atoms with Crippen LogP contribution in [0.5, 0.6) is 0 Å². The third-order valence-corrected chi connectivity index (χ3v) is 3.50. The Morgan fingerprint density at radius 3 is 2.22 bits per heavy atom. The number of amides is 1. The molecule has 0 aliphatic heterocycles. The van der Waals surface area contributed by atoms with Crippen molar-refractivity contribution in [2.45, 2.75) is 26.0 Å². The van der Waals surface area contributed by atoms with Crippen LogP contribution in [0.15, 0.2) is 54.6 Å². The molecule has 0 spiro atoms. The average Bonchev–Trinajstić information content (AvgIpc) is 2.60. The third kappa shape index (κ3) is 5.68. The molecule has 1 N–H and O–H groups in total. The number of hydrogen-bond acceptors (Lipinski definition) is 3. The van der Waals surface area contributed by atoms with Gasteiger partial charge in [-0.15, -0.1) is 0 Å². The van der Waals surface area contributed by atoms with Crippen LogP contribution in [0.25, 0.3) is 0 Å². The van der Waals surface area contributed by atoms with Gasteiger partial charge in [0.25, 0.3) is 0 Å². The molecular formula is C19H21NO3. The summed E-state index contributed by atoms with van der Waals surface area (Å²) in [6, 6.07) is 16.9. The summed E-state index contributed by atoms with van der Waals surface area (Å²) in [5, 5.41) is 2.83. The van der Waals surface area contributed by atoms with Gasteiger partial charge >= 0.3 is 0 Å². The second-order valence-corrected chi connectivity index (χ2v) is 5.32. The van der Waals surface area contributed by atoms with Crippen molar-refractivity contribution in [2.24, 2.45) is 0 Å². The molecule has 0 saturated heterocycles. The summed E-state index contributed by atoms with van der Waals surface area (Å²) in [5.41, 5.74) is 2.76. The highest BCUT2D eigenvalue weighted by atomic mass is 16.5. The van der Waals surface area contributed by atoms with Gasteiger partial charge in [0.15, 0.2) is 5.78 Å². The maximum absolute atomic E-state index is 11.9. The molecule has 0 unspecified atom stereocenters. The Morgan fingerprint density at radius 1 is 0.913 bits per heavy atom. The number of carbonyl (C=O) groups is 2. The molecule has 0 bridgehead atoms. The van der Waals surface area contributed by atoms with Gasteiger partial charge in [-0.25, -0.2) is 0 Å². The molecule has 4 heteroatoms. The van der Waals surface area contributed by atoms with Crippen molar-refractivity contribution in [2.75, 3.05) is 7.11 Å². The van der Waals surface area contributed by atoms with E-state index < -0.39 is 0 Å². The molecule has 0 fully saturated rings. The fourth-order valence-corrected chi connectivity index (χ4v) is 2.20. The Labute approximate surface area is 136 Å². The lowest BCUT2D eigenvalue weighted by atomic mass is 10.1. The Bertz CT molecular complexity index is 635. The lowest BCUT2D eigenvalue weighted by Crippen LogP contribution is -2.23. The van der Waals surface area contributed by atoms with Crippen LogP contribution in [-0.4, -0.2) is 18.8 Å². The summed E-state index contributed by atoms with van der Waals surface area (Å²) in [6.07, 6.45) is 0.429. The van der Waals surface area contributed by atoms with Gasteiger partial charge in [-0.05, 0) is 11.1 Å². The normalized spacial score (nSPS) is 10.3. The number of Topliss-reactive ketones (excluding diaryl/α,β-unsaturated/α-hetero) is 1. The van der Waals surface area contributed by atoms with Crippen molar-refractivity contribution in [1.82, 2.24) is 5.32 Å². The van der Waals surface area contributed by atoms with Gasteiger partial charge in [-0.1, -0.05) is 54.6 Å². The fraction of sp³-hybridized carbons (Fsp3) is 0.263. The predicted octanol–water partition coefficient (Wildman–Crippen LogP) is 3.11. The SMILES string of the molecule is COCc1ccc(CNC(=O)CCC(=O)c2ccccc2)cc1. The van der Waals surface area contributed by atoms with Crippen molar-refractivity contribution in [1.29, 1.82) is 0 Å². The largest absolute Gasteiger partial charge is 0.380 e. The molecule has 1 amide bonds. The van der Waals surface area contributed by atoms with Gasteiger partial charge in [-0.3, -0.25) is 9.59 Å². The van der Waals surface area contributed by atoms with Crippen LogP contribution in [0.2, 0.25) is 0 Å². The number of ketones is 1. The van der Waals surface area contributed by atoms with E-state index in [-0.39, 0.29) is 24.5 Å². The summed E-state index contributed by atoms with van der Waals surface area (Å²) in [4.78, 5) is 23.8. The van der Waals surface area contributed by atoms with Crippen LogP contribution in [0.1, 0.15) is 34.3 Å². The van der Waals surface area contributed by atoms with Gasteiger partial charge in [0.2, 0.25) is 5.91 Å². The van der Waals surface area contributed by atoms with E-state index in [0.29, 0.717) is 18.7 Å². The van der Waals surface area contributed by atoms with E-state index in [9.17, 15) is 9.59 Å². The molecule has 0 radical (unpaired) electrons. The van der Waals surface area contributed by atoms with Crippen molar-refractivity contribution >= 4 is 11.7 Å². The van der Waals surface area contributed by atoms with Gasteiger partial charge < -0.3 is 10.1 Å². The number of nitrogens with one attached hydrogen (secondary N) is 1. The van der Waals surface area contributed by atoms with E-state index in [1.807, 2.05) is 42.5 Å². The Morgan fingerprint density at radius 2 is 1.57 bits per heavy atom. The molecule has 0 saturated carbocycles. The van der Waals surface area contributed by atoms with E-state index >= 15 is 0 Å². The summed E-state index contributed by atoms with van der Waals surface area (Å²) < 4.78 is 5.06. The summed E-state index contributed by atoms with van der Waals surface area (Å²) in [6.45, 7) is 1.04. The first kappa shape index (κ1) is 16.9. The van der Waals surface area contributed by atoms with Crippen LogP contribution >= 0.6 is 0 Å². The second-order valence-electron chi connectivity index (χ2n) is 5.32. The summed E-state index contributed by atoms with van der Waals surface area (Å²) in [5.74, 6) is -0.125. The highest BCUT2D eigenvalue weighted by Crippen LogP contribution is 2.07. The first-order chi connectivity index (χ1) is 11.2. The lowest BCUT2D eigenvalue weighted by Gasteiger charge is -2.06. The minimum Gasteiger partial charge on any atom is -0.380 e. The monoisotopic (exact) mass is 311 g/mol. The number of ether oxygens (including phenoxy) is 1. The van der Waals surface area contributed by atoms with E-state index in [1.165, 1.54) is 0 Å². The van der Waals surface area contributed by atoms with E-state index in [4.69, 9.17) is 4.74 Å². The minimum atomic E-state index is -0.116. The lowest BCUT2D eigenvalue weighted by molar-refractivity contribution is -0.121. The molecule has 2 aromatic rings. The Kier molecular flexibility index (Phi) is 6.51. The molecular weight excluding hydrogens is 290 g/mol. The maximum atomic E-state index is 11.9. The summed E-state index contributed by atoms with van der Waals surface area (Å²) >= 11 is 0. The van der Waals surface area contributed by atoms with Crippen molar-refractivity contribution in [3.63, 3.8) is 0 Å². The van der Waals surface area contributed by atoms with Gasteiger partial charge in [0, 0.05) is 32.1 Å². The second kappa shape index (κ2) is 8.86. The van der Waals surface area contributed by atoms with Crippen LogP contribution in [0.3, 0.4) is 0 Å². The van der Waals surface area contributed by atoms with Crippen LogP contribution in [0, 0.1) is 0 Å². The Hall–Kier alpha value is -2.46. The van der Waals surface area contributed by atoms with Gasteiger partial charge in [0.1, 0.15) is 0 Å². The topological polar surface area (TPSA) is 55.4 Å². The van der Waals surface area contributed by atoms with Crippen LogP contribution < -0.4 is 5.32 Å². The zero-order chi connectivity index (χ0) is 16.5. The minimum absolute atomic E-state index is 0.00957. The van der Waals surface area contributed by atoms with Crippen molar-refractivity contribution in [3.8, 4) is 0 Å². The number of methoxy groups -OCH3 is 1. The molecule has 2 rings (SSSR count). The number of rotatable bonds is 8. The van der Waals surface area contributed by atoms with Gasteiger partial charge in [0.05, 0.1) is 6.61 Å². The third-order valence-electron chi connectivity index (χ3n) is 3.50. The molecule has 0 aliphatic carbocycles. The highest BCUT2D eigenvalue weighted by Gasteiger charge is 2.08. The van der Waals surface area contributed by atoms with E-state index in [0.717, 1.165) is 11.1 Å². The maximum Gasteiger partial charge on any atom is 0.220 e. The van der Waals surface area contributed by atoms with Crippen molar-refractivity contribution in [3.05, 3.63) is 71.3 Å². The van der Waals surface area contributed by atoms with E-state index in [1.54, 1.807) is 19.2 Å². The fourth-order valence-electron chi connectivity index (χ4n) is 2.20. The number of carbonyl (C=O) groups excluding carboxylic acids is 2. The quantitative estimate of drug-likeness (QED) is 0.762. The molecule has 0 heterocycles. The molecule has 120 valence electrons. The van der Waals surface area contributed by atoms with Crippen LogP contribution in [0.4, 0.5) is 0 Å².